The lowest BCUT2D eigenvalue weighted by atomic mass is 10.1. The van der Waals surface area contributed by atoms with Crippen molar-refractivity contribution in [1.29, 1.82) is 0 Å². The fourth-order valence-electron chi connectivity index (χ4n) is 2.86. The third-order valence-electron chi connectivity index (χ3n) is 3.77. The number of aromatic nitrogens is 4. The molecule has 1 N–H and O–H groups in total. The average Bonchev–Trinajstić information content (AvgIpc) is 3.12. The minimum Gasteiger partial charge on any atom is -0.330 e. The first kappa shape index (κ1) is 13.2. The predicted octanol–water partition coefficient (Wildman–Crippen LogP) is 2.08. The van der Waals surface area contributed by atoms with Crippen molar-refractivity contribution >= 4 is 17.5 Å². The molecule has 1 atom stereocenters. The van der Waals surface area contributed by atoms with Crippen LogP contribution in [0.1, 0.15) is 40.6 Å². The van der Waals surface area contributed by atoms with Crippen LogP contribution in [-0.4, -0.2) is 37.3 Å². The van der Waals surface area contributed by atoms with Gasteiger partial charge in [0.25, 0.3) is 5.91 Å². The summed E-state index contributed by atoms with van der Waals surface area (Å²) < 4.78 is 1.66. The molecule has 7 heteroatoms. The van der Waals surface area contributed by atoms with E-state index in [1.54, 1.807) is 16.9 Å². The third-order valence-corrected chi connectivity index (χ3v) is 4.22. The van der Waals surface area contributed by atoms with Crippen LogP contribution < -0.4 is 0 Å². The Morgan fingerprint density at radius 3 is 2.95 bits per heavy atom. The molecular formula is C13H16ClN5O. The molecule has 1 amide bonds. The fraction of sp³-hybridized carbons (Fsp3) is 0.462. The van der Waals surface area contributed by atoms with Crippen LogP contribution in [0.3, 0.4) is 0 Å². The Kier molecular flexibility index (Phi) is 3.25. The van der Waals surface area contributed by atoms with Crippen LogP contribution in [0, 0.1) is 6.92 Å². The van der Waals surface area contributed by atoms with Gasteiger partial charge in [0, 0.05) is 25.4 Å². The van der Waals surface area contributed by atoms with Crippen molar-refractivity contribution in [2.75, 3.05) is 6.54 Å². The maximum absolute atomic E-state index is 12.5. The zero-order valence-corrected chi connectivity index (χ0v) is 12.2. The van der Waals surface area contributed by atoms with Crippen molar-refractivity contribution in [2.24, 2.45) is 7.05 Å². The van der Waals surface area contributed by atoms with Gasteiger partial charge in [0.15, 0.2) is 0 Å². The number of hydrogen-bond acceptors (Lipinski definition) is 3. The van der Waals surface area contributed by atoms with Crippen LogP contribution in [-0.2, 0) is 7.05 Å². The molecular weight excluding hydrogens is 278 g/mol. The van der Waals surface area contributed by atoms with Crippen molar-refractivity contribution in [2.45, 2.75) is 25.8 Å². The van der Waals surface area contributed by atoms with Gasteiger partial charge in [-0.25, -0.2) is 0 Å². The van der Waals surface area contributed by atoms with Gasteiger partial charge in [-0.1, -0.05) is 11.6 Å². The third kappa shape index (κ3) is 2.00. The number of hydrogen-bond donors (Lipinski definition) is 1. The smallest absolute Gasteiger partial charge is 0.272 e. The highest BCUT2D eigenvalue weighted by atomic mass is 35.5. The molecule has 20 heavy (non-hydrogen) atoms. The zero-order valence-electron chi connectivity index (χ0n) is 11.4. The summed E-state index contributed by atoms with van der Waals surface area (Å²) in [6.07, 6.45) is 3.46. The largest absolute Gasteiger partial charge is 0.330 e. The van der Waals surface area contributed by atoms with Crippen LogP contribution in [0.15, 0.2) is 12.3 Å². The lowest BCUT2D eigenvalue weighted by molar-refractivity contribution is 0.0729. The summed E-state index contributed by atoms with van der Waals surface area (Å²) in [4.78, 5) is 14.4. The number of halogens is 1. The number of H-pyrrole nitrogens is 1. The van der Waals surface area contributed by atoms with Crippen molar-refractivity contribution in [3.8, 4) is 0 Å². The Morgan fingerprint density at radius 2 is 2.35 bits per heavy atom. The quantitative estimate of drug-likeness (QED) is 0.922. The molecule has 2 aromatic rings. The molecule has 0 bridgehead atoms. The second-order valence-electron chi connectivity index (χ2n) is 5.04. The number of carbonyl (C=O) groups excluding carboxylic acids is 1. The maximum atomic E-state index is 12.5. The summed E-state index contributed by atoms with van der Waals surface area (Å²) in [7, 11) is 1.81. The summed E-state index contributed by atoms with van der Waals surface area (Å²) in [5, 5.41) is 11.5. The summed E-state index contributed by atoms with van der Waals surface area (Å²) in [6.45, 7) is 2.66. The summed E-state index contributed by atoms with van der Waals surface area (Å²) in [6, 6.07) is 1.68. The van der Waals surface area contributed by atoms with Crippen LogP contribution in [0.2, 0.25) is 5.15 Å². The van der Waals surface area contributed by atoms with Gasteiger partial charge in [-0.2, -0.15) is 10.2 Å². The first-order valence-electron chi connectivity index (χ1n) is 6.59. The molecule has 0 spiro atoms. The van der Waals surface area contributed by atoms with Crippen molar-refractivity contribution in [3.63, 3.8) is 0 Å². The van der Waals surface area contributed by atoms with Crippen LogP contribution in [0.4, 0.5) is 0 Å². The number of carbonyl (C=O) groups is 1. The molecule has 1 fully saturated rings. The minimum absolute atomic E-state index is 0.00741. The van der Waals surface area contributed by atoms with E-state index in [9.17, 15) is 4.79 Å². The van der Waals surface area contributed by atoms with E-state index < -0.39 is 0 Å². The Morgan fingerprint density at radius 1 is 1.55 bits per heavy atom. The summed E-state index contributed by atoms with van der Waals surface area (Å²) in [5.74, 6) is -0.0377. The minimum atomic E-state index is -0.0377. The molecule has 6 nitrogen and oxygen atoms in total. The second-order valence-corrected chi connectivity index (χ2v) is 5.40. The molecule has 0 aromatic carbocycles. The Balaban J connectivity index is 1.95. The van der Waals surface area contributed by atoms with Gasteiger partial charge >= 0.3 is 0 Å². The van der Waals surface area contributed by atoms with E-state index in [4.69, 9.17) is 11.6 Å². The molecule has 3 heterocycles. The molecule has 1 aliphatic heterocycles. The molecule has 1 saturated heterocycles. The van der Waals surface area contributed by atoms with Crippen molar-refractivity contribution < 1.29 is 4.79 Å². The van der Waals surface area contributed by atoms with E-state index in [1.807, 2.05) is 18.9 Å². The van der Waals surface area contributed by atoms with Crippen LogP contribution >= 0.6 is 11.6 Å². The summed E-state index contributed by atoms with van der Waals surface area (Å²) in [5.41, 5.74) is 2.35. The molecule has 106 valence electrons. The first-order valence-corrected chi connectivity index (χ1v) is 6.96. The molecule has 0 unspecified atom stereocenters. The SMILES string of the molecule is Cc1nn(C)c(Cl)c1[C@@H]1CCCN1C(=O)c1ccn[nH]1. The molecule has 2 aromatic heterocycles. The second kappa shape index (κ2) is 4.94. The van der Waals surface area contributed by atoms with Gasteiger partial charge in [0.05, 0.1) is 11.7 Å². The number of amides is 1. The summed E-state index contributed by atoms with van der Waals surface area (Å²) >= 11 is 6.33. The molecule has 0 radical (unpaired) electrons. The lowest BCUT2D eigenvalue weighted by Crippen LogP contribution is -2.31. The fourth-order valence-corrected chi connectivity index (χ4v) is 3.17. The number of aromatic amines is 1. The highest BCUT2D eigenvalue weighted by Gasteiger charge is 2.34. The van der Waals surface area contributed by atoms with E-state index in [-0.39, 0.29) is 11.9 Å². The van der Waals surface area contributed by atoms with Gasteiger partial charge < -0.3 is 4.90 Å². The van der Waals surface area contributed by atoms with Crippen LogP contribution in [0.25, 0.3) is 0 Å². The Labute approximate surface area is 121 Å². The van der Waals surface area contributed by atoms with E-state index in [1.165, 1.54) is 0 Å². The number of aryl methyl sites for hydroxylation is 2. The van der Waals surface area contributed by atoms with Crippen molar-refractivity contribution in [3.05, 3.63) is 34.4 Å². The van der Waals surface area contributed by atoms with Gasteiger partial charge in [0.2, 0.25) is 0 Å². The van der Waals surface area contributed by atoms with Gasteiger partial charge in [-0.05, 0) is 25.8 Å². The van der Waals surface area contributed by atoms with Crippen LogP contribution in [0.5, 0.6) is 0 Å². The lowest BCUT2D eigenvalue weighted by Gasteiger charge is -2.24. The van der Waals surface area contributed by atoms with Crippen molar-refractivity contribution in [1.82, 2.24) is 24.9 Å². The average molecular weight is 294 g/mol. The topological polar surface area (TPSA) is 66.8 Å². The van der Waals surface area contributed by atoms with E-state index >= 15 is 0 Å². The number of likely N-dealkylation sites (tertiary alicyclic amines) is 1. The van der Waals surface area contributed by atoms with E-state index in [2.05, 4.69) is 15.3 Å². The molecule has 0 saturated carbocycles. The van der Waals surface area contributed by atoms with Gasteiger partial charge in [-0.15, -0.1) is 0 Å². The monoisotopic (exact) mass is 293 g/mol. The maximum Gasteiger partial charge on any atom is 0.272 e. The van der Waals surface area contributed by atoms with E-state index in [0.717, 1.165) is 30.6 Å². The molecule has 0 aliphatic carbocycles. The number of rotatable bonds is 2. The Bertz CT molecular complexity index is 633. The highest BCUT2D eigenvalue weighted by molar-refractivity contribution is 6.30. The predicted molar refractivity (Wildman–Crippen MR) is 74.6 cm³/mol. The number of nitrogens with one attached hydrogen (secondary N) is 1. The van der Waals surface area contributed by atoms with Gasteiger partial charge in [0.1, 0.15) is 10.8 Å². The standard InChI is InChI=1S/C13H16ClN5O/c1-8-11(12(14)18(2)17-8)10-4-3-7-19(10)13(20)9-5-6-15-16-9/h5-6,10H,3-4,7H2,1-2H3,(H,15,16)/t10-/m0/s1. The number of nitrogens with zero attached hydrogens (tertiary/aromatic N) is 4. The zero-order chi connectivity index (χ0) is 14.3. The Hall–Kier alpha value is -1.82. The highest BCUT2D eigenvalue weighted by Crippen LogP contribution is 2.38. The van der Waals surface area contributed by atoms with Gasteiger partial charge in [-0.3, -0.25) is 14.6 Å². The molecule has 1 aliphatic rings. The first-order chi connectivity index (χ1) is 9.59. The van der Waals surface area contributed by atoms with E-state index in [0.29, 0.717) is 10.8 Å². The molecule has 3 rings (SSSR count). The normalized spacial score (nSPS) is 18.8.